The van der Waals surface area contributed by atoms with Gasteiger partial charge in [-0.05, 0) is 12.8 Å². The summed E-state index contributed by atoms with van der Waals surface area (Å²) in [5.41, 5.74) is -0.752. The van der Waals surface area contributed by atoms with E-state index in [2.05, 4.69) is 0 Å². The minimum atomic E-state index is -3.27. The quantitative estimate of drug-likeness (QED) is 0.706. The Labute approximate surface area is 129 Å². The van der Waals surface area contributed by atoms with Crippen molar-refractivity contribution in [1.82, 2.24) is 13.4 Å². The fraction of sp³-hybridized carbons (Fsp3) is 0.692. The monoisotopic (exact) mass is 330 g/mol. The average Bonchev–Trinajstić information content (AvgIpc) is 2.47. The maximum atomic E-state index is 12.0. The van der Waals surface area contributed by atoms with Gasteiger partial charge < -0.3 is 4.90 Å². The molecule has 0 aromatic carbocycles. The molecule has 1 atom stereocenters. The third kappa shape index (κ3) is 3.09. The summed E-state index contributed by atoms with van der Waals surface area (Å²) in [6, 6.07) is 1.26. The first-order valence-electron chi connectivity index (χ1n) is 7.08. The molecule has 1 aliphatic heterocycles. The highest BCUT2D eigenvalue weighted by Gasteiger charge is 2.29. The molecule has 9 heteroatoms. The zero-order chi connectivity index (χ0) is 16.7. The number of anilines is 1. The van der Waals surface area contributed by atoms with Crippen molar-refractivity contribution in [2.45, 2.75) is 18.9 Å². The van der Waals surface area contributed by atoms with Gasteiger partial charge in [-0.1, -0.05) is 0 Å². The maximum absolute atomic E-state index is 12.0. The van der Waals surface area contributed by atoms with Crippen LogP contribution in [0.1, 0.15) is 12.8 Å². The molecule has 22 heavy (non-hydrogen) atoms. The summed E-state index contributed by atoms with van der Waals surface area (Å²) in [6.45, 7) is 1.15. The van der Waals surface area contributed by atoms with E-state index >= 15 is 0 Å². The first kappa shape index (κ1) is 16.8. The smallest absolute Gasteiger partial charge is 0.332 e. The Hall–Kier alpha value is -1.61. The molecule has 0 bridgehead atoms. The maximum Gasteiger partial charge on any atom is 0.332 e. The molecule has 1 saturated heterocycles. The summed E-state index contributed by atoms with van der Waals surface area (Å²) in [5, 5.41) is 0. The Morgan fingerprint density at radius 1 is 1.23 bits per heavy atom. The average molecular weight is 330 g/mol. The van der Waals surface area contributed by atoms with Crippen molar-refractivity contribution in [2.75, 3.05) is 31.3 Å². The highest BCUT2D eigenvalue weighted by atomic mass is 32.2. The number of hydrogen-bond acceptors (Lipinski definition) is 5. The molecule has 0 saturated carbocycles. The van der Waals surface area contributed by atoms with E-state index in [0.717, 1.165) is 17.4 Å². The van der Waals surface area contributed by atoms with Gasteiger partial charge in [0.2, 0.25) is 10.0 Å². The molecule has 0 N–H and O–H groups in total. The first-order chi connectivity index (χ1) is 10.1. The molecular weight excluding hydrogens is 308 g/mol. The second kappa shape index (κ2) is 5.88. The number of sulfonamides is 1. The van der Waals surface area contributed by atoms with Crippen LogP contribution in [0.25, 0.3) is 0 Å². The van der Waals surface area contributed by atoms with Crippen LogP contribution in [-0.4, -0.2) is 54.3 Å². The lowest BCUT2D eigenvalue weighted by molar-refractivity contribution is 0.320. The molecule has 1 aromatic rings. The number of rotatable bonds is 3. The van der Waals surface area contributed by atoms with Crippen LogP contribution in [-0.2, 0) is 24.1 Å². The van der Waals surface area contributed by atoms with Gasteiger partial charge in [0.25, 0.3) is 5.56 Å². The van der Waals surface area contributed by atoms with Crippen LogP contribution in [0.2, 0.25) is 0 Å². The lowest BCUT2D eigenvalue weighted by atomic mass is 10.1. The summed E-state index contributed by atoms with van der Waals surface area (Å²) in [4.78, 5) is 25.8. The summed E-state index contributed by atoms with van der Waals surface area (Å²) in [7, 11) is 1.34. The van der Waals surface area contributed by atoms with E-state index < -0.39 is 10.0 Å². The van der Waals surface area contributed by atoms with Gasteiger partial charge in [0.05, 0.1) is 6.26 Å². The lowest BCUT2D eigenvalue weighted by Crippen LogP contribution is -2.50. The summed E-state index contributed by atoms with van der Waals surface area (Å²) in [6.07, 6.45) is 2.74. The van der Waals surface area contributed by atoms with Gasteiger partial charge >= 0.3 is 5.69 Å². The molecular formula is C13H22N4O4S. The van der Waals surface area contributed by atoms with Crippen LogP contribution in [0.4, 0.5) is 5.82 Å². The molecule has 0 spiro atoms. The van der Waals surface area contributed by atoms with Crippen molar-refractivity contribution < 1.29 is 8.42 Å². The van der Waals surface area contributed by atoms with Crippen molar-refractivity contribution in [2.24, 2.45) is 14.1 Å². The third-order valence-corrected chi connectivity index (χ3v) is 5.60. The van der Waals surface area contributed by atoms with Crippen LogP contribution in [0.5, 0.6) is 0 Å². The Kier molecular flexibility index (Phi) is 4.48. The van der Waals surface area contributed by atoms with Gasteiger partial charge in [0.15, 0.2) is 0 Å². The van der Waals surface area contributed by atoms with E-state index in [4.69, 9.17) is 0 Å². The molecule has 1 aliphatic rings. The topological polar surface area (TPSA) is 84.6 Å². The van der Waals surface area contributed by atoms with E-state index in [9.17, 15) is 18.0 Å². The number of aromatic nitrogens is 2. The van der Waals surface area contributed by atoms with Crippen molar-refractivity contribution in [3.05, 3.63) is 26.9 Å². The largest absolute Gasteiger partial charge is 0.356 e. The van der Waals surface area contributed by atoms with Crippen LogP contribution in [0.15, 0.2) is 15.7 Å². The number of piperidine rings is 1. The molecule has 124 valence electrons. The van der Waals surface area contributed by atoms with Crippen LogP contribution in [0.3, 0.4) is 0 Å². The Bertz CT molecular complexity index is 780. The van der Waals surface area contributed by atoms with Gasteiger partial charge in [-0.15, -0.1) is 0 Å². The zero-order valence-corrected chi connectivity index (χ0v) is 14.1. The zero-order valence-electron chi connectivity index (χ0n) is 13.3. The van der Waals surface area contributed by atoms with Gasteiger partial charge in [0.1, 0.15) is 5.82 Å². The number of likely N-dealkylation sites (N-methyl/N-ethyl adjacent to an activating group) is 1. The third-order valence-electron chi connectivity index (χ3n) is 4.26. The standard InChI is InChI=1S/C13H22N4O4S/c1-14-11(8-12(18)15(2)13(14)19)17-7-5-6-10(9-17)16(3)22(4,20)21/h8,10H,5-7,9H2,1-4H3. The minimum Gasteiger partial charge on any atom is -0.356 e. The van der Waals surface area contributed by atoms with E-state index in [1.54, 1.807) is 14.1 Å². The fourth-order valence-corrected chi connectivity index (χ4v) is 3.47. The predicted molar refractivity (Wildman–Crippen MR) is 84.8 cm³/mol. The van der Waals surface area contributed by atoms with E-state index in [0.29, 0.717) is 18.9 Å². The van der Waals surface area contributed by atoms with Crippen molar-refractivity contribution in [1.29, 1.82) is 0 Å². The lowest BCUT2D eigenvalue weighted by Gasteiger charge is -2.38. The van der Waals surface area contributed by atoms with Gasteiger partial charge in [0, 0.05) is 46.3 Å². The molecule has 1 unspecified atom stereocenters. The van der Waals surface area contributed by atoms with E-state index in [1.807, 2.05) is 4.90 Å². The number of hydrogen-bond donors (Lipinski definition) is 0. The Morgan fingerprint density at radius 3 is 2.45 bits per heavy atom. The fourth-order valence-electron chi connectivity index (χ4n) is 2.76. The van der Waals surface area contributed by atoms with Gasteiger partial charge in [-0.2, -0.15) is 0 Å². The molecule has 2 rings (SSSR count). The molecule has 8 nitrogen and oxygen atoms in total. The molecule has 0 amide bonds. The highest BCUT2D eigenvalue weighted by molar-refractivity contribution is 7.88. The summed E-state index contributed by atoms with van der Waals surface area (Å²) < 4.78 is 27.2. The van der Waals surface area contributed by atoms with Crippen LogP contribution in [0, 0.1) is 0 Å². The van der Waals surface area contributed by atoms with Crippen molar-refractivity contribution in [3.8, 4) is 0 Å². The Morgan fingerprint density at radius 2 is 1.86 bits per heavy atom. The van der Waals surface area contributed by atoms with Crippen molar-refractivity contribution in [3.63, 3.8) is 0 Å². The highest BCUT2D eigenvalue weighted by Crippen LogP contribution is 2.21. The summed E-state index contributed by atoms with van der Waals surface area (Å²) >= 11 is 0. The molecule has 0 aliphatic carbocycles. The van der Waals surface area contributed by atoms with Crippen molar-refractivity contribution >= 4 is 15.8 Å². The minimum absolute atomic E-state index is 0.164. The van der Waals surface area contributed by atoms with E-state index in [-0.39, 0.29) is 17.3 Å². The molecule has 2 heterocycles. The van der Waals surface area contributed by atoms with Crippen LogP contribution >= 0.6 is 0 Å². The normalized spacial score (nSPS) is 19.7. The summed E-state index contributed by atoms with van der Waals surface area (Å²) in [5.74, 6) is 0.528. The second-order valence-electron chi connectivity index (χ2n) is 5.76. The van der Waals surface area contributed by atoms with Gasteiger partial charge in [-0.3, -0.25) is 13.9 Å². The Balaban J connectivity index is 2.35. The molecule has 1 aromatic heterocycles. The molecule has 0 radical (unpaired) electrons. The SMILES string of the molecule is CN(C1CCCN(c2cc(=O)n(C)c(=O)n2C)C1)S(C)(=O)=O. The second-order valence-corrected chi connectivity index (χ2v) is 7.80. The van der Waals surface area contributed by atoms with Gasteiger partial charge in [-0.25, -0.2) is 17.5 Å². The van der Waals surface area contributed by atoms with Crippen LogP contribution < -0.4 is 16.1 Å². The first-order valence-corrected chi connectivity index (χ1v) is 8.92. The van der Waals surface area contributed by atoms with E-state index in [1.165, 1.54) is 28.2 Å². The molecule has 1 fully saturated rings. The predicted octanol–water partition coefficient (Wildman–Crippen LogP) is -1.06. The number of nitrogens with zero attached hydrogens (tertiary/aromatic N) is 4.